The van der Waals surface area contributed by atoms with Gasteiger partial charge in [0.2, 0.25) is 0 Å². The highest BCUT2D eigenvalue weighted by Crippen LogP contribution is 2.77. The summed E-state index contributed by atoms with van der Waals surface area (Å²) in [6.45, 7) is 10.4. The van der Waals surface area contributed by atoms with Crippen molar-refractivity contribution in [2.45, 2.75) is 101 Å². The van der Waals surface area contributed by atoms with Crippen LogP contribution in [-0.4, -0.2) is 56.7 Å². The van der Waals surface area contributed by atoms with Crippen molar-refractivity contribution in [3.63, 3.8) is 0 Å². The fraction of sp³-hybridized carbons (Fsp3) is 0.786. The molecule has 4 saturated carbocycles. The topological polar surface area (TPSA) is 73.2 Å². The van der Waals surface area contributed by atoms with Crippen LogP contribution in [0.1, 0.15) is 77.3 Å². The van der Waals surface area contributed by atoms with Crippen LogP contribution in [-0.2, 0) is 11.8 Å². The molecule has 0 radical (unpaired) electrons. The van der Waals surface area contributed by atoms with Gasteiger partial charge in [-0.05, 0) is 81.4 Å². The highest BCUT2D eigenvalue weighted by molar-refractivity contribution is 5.63. The molecule has 7 aliphatic rings. The van der Waals surface area contributed by atoms with Gasteiger partial charge in [0, 0.05) is 34.9 Å². The zero-order chi connectivity index (χ0) is 23.2. The lowest BCUT2D eigenvalue weighted by Gasteiger charge is -2.75. The van der Waals surface area contributed by atoms with Crippen LogP contribution in [0.25, 0.3) is 0 Å². The van der Waals surface area contributed by atoms with E-state index in [-0.39, 0.29) is 27.9 Å². The smallest absolute Gasteiger partial charge is 0.165 e. The van der Waals surface area contributed by atoms with Gasteiger partial charge < -0.3 is 20.1 Å². The number of nitrogens with zero attached hydrogens (tertiary/aromatic N) is 1. The van der Waals surface area contributed by atoms with E-state index in [4.69, 9.17) is 4.74 Å². The lowest BCUT2D eigenvalue weighted by molar-refractivity contribution is -0.305. The minimum Gasteiger partial charge on any atom is -0.504 e. The number of rotatable bonds is 3. The first-order valence-electron chi connectivity index (χ1n) is 13.2. The van der Waals surface area contributed by atoms with E-state index in [1.807, 2.05) is 6.92 Å². The standard InChI is InChI=1S/C28H39NO4/c1-24(2,3)25(4,31)19-14-26-9-10-28(19,32)23-27(26)11-12-29(15-16-5-6-16)20(26)13-17-7-8-18(30)22(33-23)21(17)27/h7-8,16,19-20,23,30-32H,5-6,9-15H2,1-4H3/t19-,20?,23+,25+,26-,27?,28-/m1/s1. The number of phenolic OH excluding ortho intramolecular Hbond substituents is 1. The van der Waals surface area contributed by atoms with Crippen LogP contribution >= 0.6 is 0 Å². The molecule has 0 amide bonds. The highest BCUT2D eigenvalue weighted by Gasteiger charge is 2.81. The molecule has 5 fully saturated rings. The van der Waals surface area contributed by atoms with Crippen molar-refractivity contribution in [1.82, 2.24) is 4.90 Å². The second-order valence-corrected chi connectivity index (χ2v) is 13.6. The minimum absolute atomic E-state index is 0.0404. The summed E-state index contributed by atoms with van der Waals surface area (Å²) in [6.07, 6.45) is 6.71. The number of aliphatic hydroxyl groups is 2. The zero-order valence-electron chi connectivity index (χ0n) is 20.5. The summed E-state index contributed by atoms with van der Waals surface area (Å²) >= 11 is 0. The molecule has 2 aliphatic heterocycles. The van der Waals surface area contributed by atoms with Gasteiger partial charge in [-0.15, -0.1) is 0 Å². The van der Waals surface area contributed by atoms with Gasteiger partial charge in [-0.25, -0.2) is 0 Å². The van der Waals surface area contributed by atoms with Gasteiger partial charge in [0.25, 0.3) is 0 Å². The Hall–Kier alpha value is -1.30. The first-order chi connectivity index (χ1) is 15.5. The second-order valence-electron chi connectivity index (χ2n) is 13.6. The summed E-state index contributed by atoms with van der Waals surface area (Å²) < 4.78 is 6.68. The monoisotopic (exact) mass is 453 g/mol. The molecule has 5 nitrogen and oxygen atoms in total. The van der Waals surface area contributed by atoms with Crippen molar-refractivity contribution in [3.05, 3.63) is 23.3 Å². The predicted molar refractivity (Wildman–Crippen MR) is 125 cm³/mol. The van der Waals surface area contributed by atoms with E-state index in [1.54, 1.807) is 6.07 Å². The summed E-state index contributed by atoms with van der Waals surface area (Å²) in [4.78, 5) is 2.77. The van der Waals surface area contributed by atoms with Gasteiger partial charge in [0.1, 0.15) is 11.7 Å². The predicted octanol–water partition coefficient (Wildman–Crippen LogP) is 3.76. The van der Waals surface area contributed by atoms with E-state index in [0.29, 0.717) is 18.2 Å². The van der Waals surface area contributed by atoms with Crippen molar-refractivity contribution in [3.8, 4) is 11.5 Å². The molecule has 1 aromatic carbocycles. The fourth-order valence-electron chi connectivity index (χ4n) is 9.26. The average molecular weight is 454 g/mol. The van der Waals surface area contributed by atoms with E-state index >= 15 is 0 Å². The number of phenols is 1. The van der Waals surface area contributed by atoms with Gasteiger partial charge in [-0.3, -0.25) is 4.90 Å². The molecule has 2 heterocycles. The first kappa shape index (κ1) is 21.0. The second kappa shape index (κ2) is 5.91. The maximum absolute atomic E-state index is 12.5. The summed E-state index contributed by atoms with van der Waals surface area (Å²) in [7, 11) is 0. The Balaban J connectivity index is 1.46. The highest BCUT2D eigenvalue weighted by atomic mass is 16.5. The van der Waals surface area contributed by atoms with Gasteiger partial charge in [-0.1, -0.05) is 26.8 Å². The molecular formula is C28H39NO4. The SMILES string of the molecule is CC(C)(C)[C@@](C)(O)[C@H]1C[C@@]23CC[C@]1(O)[C@H]1Oc4c(O)ccc5c4C12CCN(CC1CC1)C3C5. The summed E-state index contributed by atoms with van der Waals surface area (Å²) in [5.41, 5.74) is -0.323. The number of hydrogen-bond acceptors (Lipinski definition) is 5. The normalized spacial score (nSPS) is 44.8. The summed E-state index contributed by atoms with van der Waals surface area (Å²) in [6, 6.07) is 4.30. The number of aromatic hydroxyl groups is 1. The molecule has 3 N–H and O–H groups in total. The third-order valence-electron chi connectivity index (χ3n) is 11.5. The van der Waals surface area contributed by atoms with Crippen molar-refractivity contribution in [2.75, 3.05) is 13.1 Å². The molecule has 7 atom stereocenters. The van der Waals surface area contributed by atoms with Crippen molar-refractivity contribution in [2.24, 2.45) is 22.7 Å². The van der Waals surface area contributed by atoms with Gasteiger partial charge in [0.05, 0.1) is 5.60 Å². The lowest BCUT2D eigenvalue weighted by Crippen LogP contribution is -2.82. The number of likely N-dealkylation sites (tertiary alicyclic amines) is 1. The number of piperidine rings is 1. The van der Waals surface area contributed by atoms with Crippen LogP contribution in [0.3, 0.4) is 0 Å². The number of fused-ring (bicyclic) bond motifs is 2. The largest absolute Gasteiger partial charge is 0.504 e. The zero-order valence-corrected chi connectivity index (χ0v) is 20.5. The Morgan fingerprint density at radius 1 is 1.12 bits per heavy atom. The number of benzene rings is 1. The van der Waals surface area contributed by atoms with Crippen LogP contribution in [0.2, 0.25) is 0 Å². The van der Waals surface area contributed by atoms with E-state index in [1.165, 1.54) is 30.5 Å². The van der Waals surface area contributed by atoms with E-state index < -0.39 is 17.3 Å². The Kier molecular flexibility index (Phi) is 3.76. The minimum atomic E-state index is -1.11. The molecule has 180 valence electrons. The molecule has 33 heavy (non-hydrogen) atoms. The molecule has 1 saturated heterocycles. The third-order valence-corrected chi connectivity index (χ3v) is 11.5. The molecule has 5 heteroatoms. The molecule has 2 unspecified atom stereocenters. The quantitative estimate of drug-likeness (QED) is 0.650. The Morgan fingerprint density at radius 3 is 2.58 bits per heavy atom. The van der Waals surface area contributed by atoms with Crippen LogP contribution < -0.4 is 4.74 Å². The molecule has 5 aliphatic carbocycles. The lowest BCUT2D eigenvalue weighted by atomic mass is 9.33. The molecule has 8 rings (SSSR count). The van der Waals surface area contributed by atoms with E-state index in [0.717, 1.165) is 38.1 Å². The third kappa shape index (κ3) is 2.22. The average Bonchev–Trinajstić information content (AvgIpc) is 3.48. The number of ether oxygens (including phenoxy) is 1. The van der Waals surface area contributed by atoms with Crippen LogP contribution in [0.5, 0.6) is 11.5 Å². The van der Waals surface area contributed by atoms with E-state index in [2.05, 4.69) is 31.7 Å². The molecule has 1 aromatic rings. The Morgan fingerprint density at radius 2 is 1.88 bits per heavy atom. The van der Waals surface area contributed by atoms with Crippen molar-refractivity contribution in [1.29, 1.82) is 0 Å². The van der Waals surface area contributed by atoms with Crippen LogP contribution in [0, 0.1) is 22.7 Å². The molecule has 0 aromatic heterocycles. The molecule has 4 bridgehead atoms. The maximum Gasteiger partial charge on any atom is 0.165 e. The van der Waals surface area contributed by atoms with Gasteiger partial charge in [0.15, 0.2) is 11.5 Å². The molecular weight excluding hydrogens is 414 g/mol. The van der Waals surface area contributed by atoms with E-state index in [9.17, 15) is 15.3 Å². The Bertz CT molecular complexity index is 1040. The van der Waals surface area contributed by atoms with Crippen LogP contribution in [0.4, 0.5) is 0 Å². The van der Waals surface area contributed by atoms with Crippen molar-refractivity contribution < 1.29 is 20.1 Å². The summed E-state index contributed by atoms with van der Waals surface area (Å²) in [5.74, 6) is 1.39. The van der Waals surface area contributed by atoms with Gasteiger partial charge >= 0.3 is 0 Å². The van der Waals surface area contributed by atoms with Crippen molar-refractivity contribution >= 4 is 0 Å². The fourth-order valence-corrected chi connectivity index (χ4v) is 9.26. The van der Waals surface area contributed by atoms with Gasteiger partial charge in [-0.2, -0.15) is 0 Å². The summed E-state index contributed by atoms with van der Waals surface area (Å²) in [5, 5.41) is 35.3. The molecule has 2 spiro atoms. The maximum atomic E-state index is 12.5. The first-order valence-corrected chi connectivity index (χ1v) is 13.2. The number of hydrogen-bond donors (Lipinski definition) is 3. The Labute approximate surface area is 197 Å². The van der Waals surface area contributed by atoms with Crippen LogP contribution in [0.15, 0.2) is 12.1 Å².